The molecule has 0 spiro atoms. The molecule has 25 heavy (non-hydrogen) atoms. The van der Waals surface area contributed by atoms with Gasteiger partial charge in [-0.3, -0.25) is 9.59 Å². The van der Waals surface area contributed by atoms with Crippen LogP contribution in [0.25, 0.3) is 0 Å². The summed E-state index contributed by atoms with van der Waals surface area (Å²) in [5, 5.41) is 10.8. The Kier molecular flexibility index (Phi) is 7.87. The summed E-state index contributed by atoms with van der Waals surface area (Å²) in [5.74, 6) is -0.490. The van der Waals surface area contributed by atoms with E-state index in [4.69, 9.17) is 16.3 Å². The predicted molar refractivity (Wildman–Crippen MR) is 100 cm³/mol. The van der Waals surface area contributed by atoms with Crippen molar-refractivity contribution in [1.82, 2.24) is 10.6 Å². The SMILES string of the molecule is COCCNCC(=O)Nc1ccc(Cl)c(C(=O)NCc2cccs2)c1. The highest BCUT2D eigenvalue weighted by atomic mass is 35.5. The zero-order chi connectivity index (χ0) is 18.1. The second-order valence-corrected chi connectivity index (χ2v) is 6.61. The number of carbonyl (C=O) groups excluding carboxylic acids is 2. The number of ether oxygens (including phenoxy) is 1. The quantitative estimate of drug-likeness (QED) is 0.583. The van der Waals surface area contributed by atoms with E-state index in [1.165, 1.54) is 0 Å². The molecule has 0 radical (unpaired) electrons. The van der Waals surface area contributed by atoms with Gasteiger partial charge in [-0.1, -0.05) is 17.7 Å². The lowest BCUT2D eigenvalue weighted by Gasteiger charge is -2.10. The number of benzene rings is 1. The summed E-state index contributed by atoms with van der Waals surface area (Å²) in [5.41, 5.74) is 0.840. The molecular formula is C17H20ClN3O3S. The maximum Gasteiger partial charge on any atom is 0.253 e. The smallest absolute Gasteiger partial charge is 0.253 e. The number of anilines is 1. The second kappa shape index (κ2) is 10.1. The first kappa shape index (κ1) is 19.4. The Morgan fingerprint density at radius 2 is 2.12 bits per heavy atom. The summed E-state index contributed by atoms with van der Waals surface area (Å²) >= 11 is 7.68. The van der Waals surface area contributed by atoms with Gasteiger partial charge in [0.05, 0.1) is 30.3 Å². The molecule has 8 heteroatoms. The highest BCUT2D eigenvalue weighted by Gasteiger charge is 2.12. The van der Waals surface area contributed by atoms with Crippen LogP contribution in [0.2, 0.25) is 5.02 Å². The average Bonchev–Trinajstić information content (AvgIpc) is 3.12. The molecule has 0 saturated heterocycles. The topological polar surface area (TPSA) is 79.5 Å². The summed E-state index contributed by atoms with van der Waals surface area (Å²) < 4.78 is 4.89. The van der Waals surface area contributed by atoms with Gasteiger partial charge in [0, 0.05) is 24.2 Å². The molecular weight excluding hydrogens is 362 g/mol. The van der Waals surface area contributed by atoms with E-state index in [1.54, 1.807) is 36.6 Å². The van der Waals surface area contributed by atoms with Crippen molar-refractivity contribution in [2.24, 2.45) is 0 Å². The summed E-state index contributed by atoms with van der Waals surface area (Å²) in [4.78, 5) is 25.2. The summed E-state index contributed by atoms with van der Waals surface area (Å²) in [6.07, 6.45) is 0. The Balaban J connectivity index is 1.92. The zero-order valence-electron chi connectivity index (χ0n) is 13.8. The van der Waals surface area contributed by atoms with Gasteiger partial charge in [-0.2, -0.15) is 0 Å². The Morgan fingerprint density at radius 1 is 1.28 bits per heavy atom. The van der Waals surface area contributed by atoms with Crippen LogP contribution in [0.4, 0.5) is 5.69 Å². The fraction of sp³-hybridized carbons (Fsp3) is 0.294. The van der Waals surface area contributed by atoms with Crippen LogP contribution in [0.1, 0.15) is 15.2 Å². The number of amides is 2. The first-order chi connectivity index (χ1) is 12.1. The van der Waals surface area contributed by atoms with E-state index in [2.05, 4.69) is 16.0 Å². The first-order valence-electron chi connectivity index (χ1n) is 7.70. The van der Waals surface area contributed by atoms with E-state index < -0.39 is 0 Å². The molecule has 2 amide bonds. The standard InChI is InChI=1S/C17H20ClN3O3S/c1-24-7-6-19-11-16(22)21-12-4-5-15(18)14(9-12)17(23)20-10-13-3-2-8-25-13/h2-5,8-9,19H,6-7,10-11H2,1H3,(H,20,23)(H,21,22). The van der Waals surface area contributed by atoms with Gasteiger partial charge >= 0.3 is 0 Å². The normalized spacial score (nSPS) is 10.5. The van der Waals surface area contributed by atoms with Gasteiger partial charge in [-0.05, 0) is 29.6 Å². The van der Waals surface area contributed by atoms with Crippen molar-refractivity contribution in [2.75, 3.05) is 32.1 Å². The van der Waals surface area contributed by atoms with Gasteiger partial charge in [0.2, 0.25) is 5.91 Å². The molecule has 0 aliphatic carbocycles. The Hall–Kier alpha value is -1.93. The number of rotatable bonds is 9. The minimum Gasteiger partial charge on any atom is -0.383 e. The van der Waals surface area contributed by atoms with Gasteiger partial charge in [0.25, 0.3) is 5.91 Å². The molecule has 134 valence electrons. The van der Waals surface area contributed by atoms with Crippen molar-refractivity contribution < 1.29 is 14.3 Å². The molecule has 0 bridgehead atoms. The maximum atomic E-state index is 12.3. The largest absolute Gasteiger partial charge is 0.383 e. The molecule has 3 N–H and O–H groups in total. The van der Waals surface area contributed by atoms with Crippen molar-refractivity contribution in [3.8, 4) is 0 Å². The number of nitrogens with one attached hydrogen (secondary N) is 3. The number of thiophene rings is 1. The van der Waals surface area contributed by atoms with Gasteiger partial charge in [0.15, 0.2) is 0 Å². The third-order valence-electron chi connectivity index (χ3n) is 3.27. The predicted octanol–water partition coefficient (Wildman–Crippen LogP) is 2.51. The molecule has 0 aliphatic heterocycles. The third-order valence-corrected chi connectivity index (χ3v) is 4.47. The molecule has 0 atom stereocenters. The first-order valence-corrected chi connectivity index (χ1v) is 8.95. The molecule has 0 aliphatic rings. The fourth-order valence-corrected chi connectivity index (χ4v) is 2.88. The van der Waals surface area contributed by atoms with Gasteiger partial charge < -0.3 is 20.7 Å². The van der Waals surface area contributed by atoms with Crippen molar-refractivity contribution in [3.05, 3.63) is 51.2 Å². The molecule has 0 fully saturated rings. The van der Waals surface area contributed by atoms with Crippen molar-refractivity contribution in [1.29, 1.82) is 0 Å². The van der Waals surface area contributed by atoms with Gasteiger partial charge in [0.1, 0.15) is 0 Å². The van der Waals surface area contributed by atoms with E-state index in [0.717, 1.165) is 4.88 Å². The van der Waals surface area contributed by atoms with E-state index in [0.29, 0.717) is 36.0 Å². The van der Waals surface area contributed by atoms with E-state index >= 15 is 0 Å². The monoisotopic (exact) mass is 381 g/mol. The van der Waals surface area contributed by atoms with Crippen LogP contribution in [0.5, 0.6) is 0 Å². The van der Waals surface area contributed by atoms with Crippen LogP contribution in [-0.4, -0.2) is 38.6 Å². The molecule has 6 nitrogen and oxygen atoms in total. The Morgan fingerprint density at radius 3 is 2.84 bits per heavy atom. The van der Waals surface area contributed by atoms with Crippen LogP contribution in [0, 0.1) is 0 Å². The maximum absolute atomic E-state index is 12.3. The van der Waals surface area contributed by atoms with Crippen molar-refractivity contribution >= 4 is 40.4 Å². The van der Waals surface area contributed by atoms with E-state index in [1.807, 2.05) is 17.5 Å². The van der Waals surface area contributed by atoms with Gasteiger partial charge in [-0.15, -0.1) is 11.3 Å². The van der Waals surface area contributed by atoms with Crippen LogP contribution in [0.3, 0.4) is 0 Å². The van der Waals surface area contributed by atoms with Gasteiger partial charge in [-0.25, -0.2) is 0 Å². The zero-order valence-corrected chi connectivity index (χ0v) is 15.4. The lowest BCUT2D eigenvalue weighted by molar-refractivity contribution is -0.115. The van der Waals surface area contributed by atoms with Crippen LogP contribution in [-0.2, 0) is 16.1 Å². The number of hydrogen-bond donors (Lipinski definition) is 3. The molecule has 0 saturated carbocycles. The fourth-order valence-electron chi connectivity index (χ4n) is 2.03. The number of halogens is 1. The lowest BCUT2D eigenvalue weighted by Crippen LogP contribution is -2.30. The third kappa shape index (κ3) is 6.47. The van der Waals surface area contributed by atoms with Crippen LogP contribution >= 0.6 is 22.9 Å². The molecule has 1 aromatic heterocycles. The molecule has 1 aromatic carbocycles. The number of methoxy groups -OCH3 is 1. The van der Waals surface area contributed by atoms with Crippen molar-refractivity contribution in [2.45, 2.75) is 6.54 Å². The van der Waals surface area contributed by atoms with Crippen LogP contribution in [0.15, 0.2) is 35.7 Å². The molecule has 1 heterocycles. The highest BCUT2D eigenvalue weighted by Crippen LogP contribution is 2.21. The highest BCUT2D eigenvalue weighted by molar-refractivity contribution is 7.09. The van der Waals surface area contributed by atoms with Crippen molar-refractivity contribution in [3.63, 3.8) is 0 Å². The minimum atomic E-state index is -0.285. The summed E-state index contributed by atoms with van der Waals surface area (Å²) in [6.45, 7) is 1.71. The molecule has 2 aromatic rings. The van der Waals surface area contributed by atoms with E-state index in [9.17, 15) is 9.59 Å². The lowest BCUT2D eigenvalue weighted by atomic mass is 10.2. The average molecular weight is 382 g/mol. The molecule has 0 unspecified atom stereocenters. The molecule has 2 rings (SSSR count). The summed E-state index contributed by atoms with van der Waals surface area (Å²) in [6, 6.07) is 8.69. The van der Waals surface area contributed by atoms with Crippen LogP contribution < -0.4 is 16.0 Å². The number of hydrogen-bond acceptors (Lipinski definition) is 5. The summed E-state index contributed by atoms with van der Waals surface area (Å²) in [7, 11) is 1.60. The minimum absolute atomic E-state index is 0.159. The Labute approximate surface area is 155 Å². The number of carbonyl (C=O) groups is 2. The Bertz CT molecular complexity index is 707. The van der Waals surface area contributed by atoms with E-state index in [-0.39, 0.29) is 18.4 Å². The second-order valence-electron chi connectivity index (χ2n) is 5.17.